The third-order valence-corrected chi connectivity index (χ3v) is 4.57. The number of piperazine rings is 1. The molecule has 1 unspecified atom stereocenters. The molecule has 1 amide bonds. The van der Waals surface area contributed by atoms with Gasteiger partial charge in [0.05, 0.1) is 19.8 Å². The molecule has 132 valence electrons. The van der Waals surface area contributed by atoms with Crippen LogP contribution in [0.25, 0.3) is 0 Å². The number of hydrogen-bond donors (Lipinski definition) is 1. The summed E-state index contributed by atoms with van der Waals surface area (Å²) in [5, 5.41) is 2.95. The topological polar surface area (TPSA) is 54.0 Å². The van der Waals surface area contributed by atoms with E-state index in [4.69, 9.17) is 9.47 Å². The third kappa shape index (κ3) is 4.69. The molecule has 3 rings (SSSR count). The molecule has 1 N–H and O–H groups in total. The number of anilines is 1. The standard InChI is InChI=1S/C18H27N3O3/c1-15-3-2-4-16(13-15)21-9-7-20(8-10-21)6-5-19-18(22)17-14-23-11-12-24-17/h2-4,13,17H,5-12,14H2,1H3,(H,19,22). The van der Waals surface area contributed by atoms with E-state index in [1.54, 1.807) is 0 Å². The Morgan fingerprint density at radius 2 is 2.08 bits per heavy atom. The molecule has 24 heavy (non-hydrogen) atoms. The first-order chi connectivity index (χ1) is 11.7. The fraction of sp³-hybridized carbons (Fsp3) is 0.611. The largest absolute Gasteiger partial charge is 0.376 e. The SMILES string of the molecule is Cc1cccc(N2CCN(CCNC(=O)C3COCCO3)CC2)c1. The maximum Gasteiger partial charge on any atom is 0.251 e. The summed E-state index contributed by atoms with van der Waals surface area (Å²) < 4.78 is 10.7. The third-order valence-electron chi connectivity index (χ3n) is 4.57. The highest BCUT2D eigenvalue weighted by molar-refractivity contribution is 5.80. The minimum Gasteiger partial charge on any atom is -0.376 e. The van der Waals surface area contributed by atoms with E-state index in [2.05, 4.69) is 46.3 Å². The van der Waals surface area contributed by atoms with Gasteiger partial charge in [-0.2, -0.15) is 0 Å². The van der Waals surface area contributed by atoms with Crippen LogP contribution in [0.4, 0.5) is 5.69 Å². The number of amides is 1. The maximum atomic E-state index is 12.0. The molecule has 1 aromatic carbocycles. The Bertz CT molecular complexity index is 538. The number of ether oxygens (including phenoxy) is 2. The minimum absolute atomic E-state index is 0.0619. The van der Waals surface area contributed by atoms with Crippen LogP contribution in [-0.2, 0) is 14.3 Å². The molecule has 0 saturated carbocycles. The first kappa shape index (κ1) is 17.2. The van der Waals surface area contributed by atoms with Gasteiger partial charge in [-0.3, -0.25) is 9.69 Å². The summed E-state index contributed by atoms with van der Waals surface area (Å²) in [6.07, 6.45) is -0.447. The number of carbonyl (C=O) groups excluding carboxylic acids is 1. The van der Waals surface area contributed by atoms with Crippen molar-refractivity contribution < 1.29 is 14.3 Å². The molecule has 0 radical (unpaired) electrons. The second kappa shape index (κ2) is 8.46. The summed E-state index contributed by atoms with van der Waals surface area (Å²) in [6, 6.07) is 8.66. The van der Waals surface area contributed by atoms with Crippen LogP contribution in [0.2, 0.25) is 0 Å². The zero-order valence-corrected chi connectivity index (χ0v) is 14.4. The number of aryl methyl sites for hydroxylation is 1. The van der Waals surface area contributed by atoms with Gasteiger partial charge >= 0.3 is 0 Å². The van der Waals surface area contributed by atoms with Gasteiger partial charge in [-0.05, 0) is 24.6 Å². The average Bonchev–Trinajstić information content (AvgIpc) is 2.63. The highest BCUT2D eigenvalue weighted by Gasteiger charge is 2.22. The summed E-state index contributed by atoms with van der Waals surface area (Å²) in [7, 11) is 0. The van der Waals surface area contributed by atoms with Crippen LogP contribution in [0, 0.1) is 6.92 Å². The Hall–Kier alpha value is -1.63. The van der Waals surface area contributed by atoms with E-state index in [0.717, 1.165) is 32.7 Å². The van der Waals surface area contributed by atoms with Gasteiger partial charge in [0.1, 0.15) is 0 Å². The molecule has 0 bridgehead atoms. The molecule has 0 spiro atoms. The molecule has 1 atom stereocenters. The van der Waals surface area contributed by atoms with Crippen molar-refractivity contribution in [3.63, 3.8) is 0 Å². The van der Waals surface area contributed by atoms with Crippen LogP contribution in [0.3, 0.4) is 0 Å². The van der Waals surface area contributed by atoms with E-state index in [0.29, 0.717) is 26.4 Å². The monoisotopic (exact) mass is 333 g/mol. The van der Waals surface area contributed by atoms with Crippen molar-refractivity contribution in [2.24, 2.45) is 0 Å². The van der Waals surface area contributed by atoms with Crippen molar-refractivity contribution in [3.05, 3.63) is 29.8 Å². The van der Waals surface area contributed by atoms with Crippen molar-refractivity contribution in [3.8, 4) is 0 Å². The second-order valence-corrected chi connectivity index (χ2v) is 6.39. The molecule has 2 fully saturated rings. The van der Waals surface area contributed by atoms with Gasteiger partial charge in [0.15, 0.2) is 6.10 Å². The van der Waals surface area contributed by atoms with Gasteiger partial charge in [-0.15, -0.1) is 0 Å². The lowest BCUT2D eigenvalue weighted by Crippen LogP contribution is -2.50. The molecular formula is C18H27N3O3. The van der Waals surface area contributed by atoms with Crippen molar-refractivity contribution in [1.82, 2.24) is 10.2 Å². The predicted molar refractivity (Wildman–Crippen MR) is 93.4 cm³/mol. The highest BCUT2D eigenvalue weighted by atomic mass is 16.6. The number of carbonyl (C=O) groups is 1. The van der Waals surface area contributed by atoms with Crippen LogP contribution in [-0.4, -0.2) is 76.0 Å². The van der Waals surface area contributed by atoms with Crippen LogP contribution in [0.5, 0.6) is 0 Å². The maximum absolute atomic E-state index is 12.0. The van der Waals surface area contributed by atoms with E-state index in [1.807, 2.05) is 0 Å². The molecule has 0 aliphatic carbocycles. The van der Waals surface area contributed by atoms with E-state index in [-0.39, 0.29) is 5.91 Å². The fourth-order valence-corrected chi connectivity index (χ4v) is 3.14. The van der Waals surface area contributed by atoms with E-state index in [1.165, 1.54) is 11.3 Å². The Morgan fingerprint density at radius 1 is 1.25 bits per heavy atom. The molecule has 2 aliphatic rings. The lowest BCUT2D eigenvalue weighted by molar-refractivity contribution is -0.147. The molecule has 2 aliphatic heterocycles. The Labute approximate surface area is 143 Å². The quantitative estimate of drug-likeness (QED) is 0.857. The van der Waals surface area contributed by atoms with Crippen molar-refractivity contribution in [2.75, 3.05) is 64.0 Å². The lowest BCUT2D eigenvalue weighted by Gasteiger charge is -2.36. The average molecular weight is 333 g/mol. The molecule has 2 saturated heterocycles. The normalized spacial score (nSPS) is 22.4. The second-order valence-electron chi connectivity index (χ2n) is 6.39. The van der Waals surface area contributed by atoms with Gasteiger partial charge in [0.2, 0.25) is 0 Å². The Morgan fingerprint density at radius 3 is 2.79 bits per heavy atom. The van der Waals surface area contributed by atoms with Gasteiger partial charge in [-0.25, -0.2) is 0 Å². The smallest absolute Gasteiger partial charge is 0.251 e. The lowest BCUT2D eigenvalue weighted by atomic mass is 10.2. The predicted octanol–water partition coefficient (Wildman–Crippen LogP) is 0.649. The first-order valence-electron chi connectivity index (χ1n) is 8.73. The van der Waals surface area contributed by atoms with E-state index >= 15 is 0 Å². The van der Waals surface area contributed by atoms with Crippen LogP contribution >= 0.6 is 0 Å². The molecular weight excluding hydrogens is 306 g/mol. The molecule has 6 heteroatoms. The number of nitrogens with zero attached hydrogens (tertiary/aromatic N) is 2. The molecule has 2 heterocycles. The van der Waals surface area contributed by atoms with E-state index in [9.17, 15) is 4.79 Å². The number of nitrogens with one attached hydrogen (secondary N) is 1. The van der Waals surface area contributed by atoms with Crippen molar-refractivity contribution in [2.45, 2.75) is 13.0 Å². The summed E-state index contributed by atoms with van der Waals surface area (Å²) in [5.74, 6) is -0.0619. The van der Waals surface area contributed by atoms with Gasteiger partial charge in [0, 0.05) is 45.0 Å². The minimum atomic E-state index is -0.447. The van der Waals surface area contributed by atoms with Crippen LogP contribution in [0.1, 0.15) is 5.56 Å². The Kier molecular flexibility index (Phi) is 6.07. The number of hydrogen-bond acceptors (Lipinski definition) is 5. The molecule has 6 nitrogen and oxygen atoms in total. The fourth-order valence-electron chi connectivity index (χ4n) is 3.14. The van der Waals surface area contributed by atoms with Crippen LogP contribution in [0.15, 0.2) is 24.3 Å². The summed E-state index contributed by atoms with van der Waals surface area (Å²) in [5.41, 5.74) is 2.60. The first-order valence-corrected chi connectivity index (χ1v) is 8.73. The van der Waals surface area contributed by atoms with Gasteiger partial charge in [0.25, 0.3) is 5.91 Å². The summed E-state index contributed by atoms with van der Waals surface area (Å²) >= 11 is 0. The van der Waals surface area contributed by atoms with Gasteiger partial charge < -0.3 is 19.7 Å². The number of benzene rings is 1. The molecule has 0 aromatic heterocycles. The van der Waals surface area contributed by atoms with E-state index < -0.39 is 6.10 Å². The summed E-state index contributed by atoms with van der Waals surface area (Å²) in [6.45, 7) is 9.19. The van der Waals surface area contributed by atoms with Crippen molar-refractivity contribution >= 4 is 11.6 Å². The Balaban J connectivity index is 1.36. The zero-order valence-electron chi connectivity index (χ0n) is 14.4. The van der Waals surface area contributed by atoms with Crippen LogP contribution < -0.4 is 10.2 Å². The van der Waals surface area contributed by atoms with Crippen molar-refractivity contribution in [1.29, 1.82) is 0 Å². The molecule has 1 aromatic rings. The number of rotatable bonds is 5. The van der Waals surface area contributed by atoms with Gasteiger partial charge in [-0.1, -0.05) is 12.1 Å². The summed E-state index contributed by atoms with van der Waals surface area (Å²) in [4.78, 5) is 16.8. The highest BCUT2D eigenvalue weighted by Crippen LogP contribution is 2.17. The zero-order chi connectivity index (χ0) is 16.8.